The maximum atomic E-state index is 3.46. The minimum absolute atomic E-state index is 0.330. The predicted octanol–water partition coefficient (Wildman–Crippen LogP) is 2.74. The second kappa shape index (κ2) is 4.99. The van der Waals surface area contributed by atoms with Gasteiger partial charge < -0.3 is 10.3 Å². The average molecular weight is 257 g/mol. The zero-order valence-corrected chi connectivity index (χ0v) is 11.9. The average Bonchev–Trinajstić information content (AvgIpc) is 2.85. The molecule has 0 aliphatic carbocycles. The van der Waals surface area contributed by atoms with Gasteiger partial charge in [0.1, 0.15) is 0 Å². The quantitative estimate of drug-likeness (QED) is 0.886. The molecule has 2 aromatic rings. The SMILES string of the molecule is CNC1(C)CCN(Cc2c[nH]c3ccccc23)CC1. The molecule has 0 radical (unpaired) electrons. The van der Waals surface area contributed by atoms with Crippen molar-refractivity contribution >= 4 is 10.9 Å². The van der Waals surface area contributed by atoms with Gasteiger partial charge in [0, 0.05) is 42.3 Å². The molecule has 3 heteroatoms. The molecule has 1 saturated heterocycles. The number of para-hydroxylation sites is 1. The molecule has 1 aliphatic heterocycles. The van der Waals surface area contributed by atoms with Gasteiger partial charge in [-0.25, -0.2) is 0 Å². The number of fused-ring (bicyclic) bond motifs is 1. The maximum Gasteiger partial charge on any atom is 0.0457 e. The molecule has 2 N–H and O–H groups in total. The molecule has 1 aromatic heterocycles. The van der Waals surface area contributed by atoms with Crippen LogP contribution in [0.3, 0.4) is 0 Å². The van der Waals surface area contributed by atoms with E-state index in [0.717, 1.165) is 6.54 Å². The van der Waals surface area contributed by atoms with E-state index < -0.39 is 0 Å². The summed E-state index contributed by atoms with van der Waals surface area (Å²) >= 11 is 0. The third-order valence-corrected chi connectivity index (χ3v) is 4.63. The van der Waals surface area contributed by atoms with E-state index in [2.05, 4.69) is 59.6 Å². The molecule has 3 rings (SSSR count). The first-order valence-electron chi connectivity index (χ1n) is 7.16. The maximum absolute atomic E-state index is 3.46. The summed E-state index contributed by atoms with van der Waals surface area (Å²) in [7, 11) is 2.08. The van der Waals surface area contributed by atoms with Gasteiger partial charge >= 0.3 is 0 Å². The number of piperidine rings is 1. The molecule has 0 spiro atoms. The number of aromatic nitrogens is 1. The van der Waals surface area contributed by atoms with Crippen LogP contribution in [0.5, 0.6) is 0 Å². The van der Waals surface area contributed by atoms with Gasteiger partial charge in [-0.1, -0.05) is 18.2 Å². The van der Waals surface area contributed by atoms with Crippen LogP contribution in [0.15, 0.2) is 30.5 Å². The largest absolute Gasteiger partial charge is 0.361 e. The van der Waals surface area contributed by atoms with E-state index in [0.29, 0.717) is 5.54 Å². The van der Waals surface area contributed by atoms with Crippen molar-refractivity contribution in [3.8, 4) is 0 Å². The Morgan fingerprint density at radius 1 is 1.26 bits per heavy atom. The van der Waals surface area contributed by atoms with Crippen LogP contribution < -0.4 is 5.32 Å². The van der Waals surface area contributed by atoms with Crippen molar-refractivity contribution in [2.75, 3.05) is 20.1 Å². The van der Waals surface area contributed by atoms with Gasteiger partial charge in [0.15, 0.2) is 0 Å². The van der Waals surface area contributed by atoms with Crippen LogP contribution in [0.1, 0.15) is 25.3 Å². The lowest BCUT2D eigenvalue weighted by Gasteiger charge is -2.39. The molecule has 0 atom stereocenters. The fraction of sp³-hybridized carbons (Fsp3) is 0.500. The molecule has 19 heavy (non-hydrogen) atoms. The topological polar surface area (TPSA) is 31.1 Å². The zero-order valence-electron chi connectivity index (χ0n) is 11.9. The molecule has 0 bridgehead atoms. The van der Waals surface area contributed by atoms with Crippen molar-refractivity contribution in [1.29, 1.82) is 0 Å². The highest BCUT2D eigenvalue weighted by Crippen LogP contribution is 2.24. The first-order chi connectivity index (χ1) is 9.20. The fourth-order valence-corrected chi connectivity index (χ4v) is 2.96. The third-order valence-electron chi connectivity index (χ3n) is 4.63. The summed E-state index contributed by atoms with van der Waals surface area (Å²) < 4.78 is 0. The standard InChI is InChI=1S/C16H23N3/c1-16(17-2)7-9-19(10-8-16)12-13-11-18-15-6-4-3-5-14(13)15/h3-6,11,17-18H,7-10,12H2,1-2H3. The third kappa shape index (κ3) is 2.53. The van der Waals surface area contributed by atoms with E-state index in [1.807, 2.05) is 0 Å². The van der Waals surface area contributed by atoms with Crippen molar-refractivity contribution in [3.63, 3.8) is 0 Å². The van der Waals surface area contributed by atoms with Crippen LogP contribution in [-0.4, -0.2) is 35.6 Å². The van der Waals surface area contributed by atoms with Gasteiger partial charge in [-0.05, 0) is 38.4 Å². The summed E-state index contributed by atoms with van der Waals surface area (Å²) in [6.45, 7) is 5.74. The lowest BCUT2D eigenvalue weighted by molar-refractivity contribution is 0.147. The van der Waals surface area contributed by atoms with E-state index in [9.17, 15) is 0 Å². The highest BCUT2D eigenvalue weighted by molar-refractivity contribution is 5.82. The summed E-state index contributed by atoms with van der Waals surface area (Å²) in [5.41, 5.74) is 3.00. The molecular weight excluding hydrogens is 234 g/mol. The van der Waals surface area contributed by atoms with E-state index in [-0.39, 0.29) is 0 Å². The van der Waals surface area contributed by atoms with Crippen LogP contribution in [0.2, 0.25) is 0 Å². The first kappa shape index (κ1) is 12.7. The molecule has 102 valence electrons. The summed E-state index contributed by atoms with van der Waals surface area (Å²) in [6.07, 6.45) is 4.62. The van der Waals surface area contributed by atoms with Crippen molar-refractivity contribution in [2.45, 2.75) is 31.8 Å². The predicted molar refractivity (Wildman–Crippen MR) is 80.3 cm³/mol. The summed E-state index contributed by atoms with van der Waals surface area (Å²) in [6, 6.07) is 8.56. The van der Waals surface area contributed by atoms with E-state index >= 15 is 0 Å². The number of hydrogen-bond donors (Lipinski definition) is 2. The smallest absolute Gasteiger partial charge is 0.0457 e. The minimum Gasteiger partial charge on any atom is -0.361 e. The Kier molecular flexibility index (Phi) is 3.33. The van der Waals surface area contributed by atoms with Gasteiger partial charge in [0.05, 0.1) is 0 Å². The monoisotopic (exact) mass is 257 g/mol. The number of H-pyrrole nitrogens is 1. The van der Waals surface area contributed by atoms with Gasteiger partial charge in [-0.3, -0.25) is 4.90 Å². The van der Waals surface area contributed by atoms with Crippen LogP contribution >= 0.6 is 0 Å². The molecule has 1 aliphatic rings. The summed E-state index contributed by atoms with van der Waals surface area (Å²) in [5.74, 6) is 0. The van der Waals surface area contributed by atoms with Crippen LogP contribution in [0, 0.1) is 0 Å². The summed E-state index contributed by atoms with van der Waals surface area (Å²) in [5, 5.41) is 4.82. The second-order valence-electron chi connectivity index (χ2n) is 5.95. The lowest BCUT2D eigenvalue weighted by Crippen LogP contribution is -2.49. The Hall–Kier alpha value is -1.32. The van der Waals surface area contributed by atoms with Crippen molar-refractivity contribution < 1.29 is 0 Å². The minimum atomic E-state index is 0.330. The van der Waals surface area contributed by atoms with E-state index in [4.69, 9.17) is 0 Å². The number of aromatic amines is 1. The number of rotatable bonds is 3. The Morgan fingerprint density at radius 2 is 2.00 bits per heavy atom. The Bertz CT molecular complexity index is 550. The van der Waals surface area contributed by atoms with Gasteiger partial charge in [-0.2, -0.15) is 0 Å². The van der Waals surface area contributed by atoms with E-state index in [1.54, 1.807) is 0 Å². The number of nitrogens with one attached hydrogen (secondary N) is 2. The molecule has 0 saturated carbocycles. The molecule has 2 heterocycles. The van der Waals surface area contributed by atoms with Gasteiger partial charge in [-0.15, -0.1) is 0 Å². The van der Waals surface area contributed by atoms with Gasteiger partial charge in [0.2, 0.25) is 0 Å². The Labute approximate surface area is 115 Å². The molecule has 0 unspecified atom stereocenters. The van der Waals surface area contributed by atoms with Crippen LogP contribution in [-0.2, 0) is 6.54 Å². The lowest BCUT2D eigenvalue weighted by atomic mass is 9.90. The zero-order chi connectivity index (χ0) is 13.3. The highest BCUT2D eigenvalue weighted by Gasteiger charge is 2.28. The van der Waals surface area contributed by atoms with Crippen LogP contribution in [0.4, 0.5) is 0 Å². The summed E-state index contributed by atoms with van der Waals surface area (Å²) in [4.78, 5) is 5.93. The Morgan fingerprint density at radius 3 is 2.74 bits per heavy atom. The molecular formula is C16H23N3. The normalized spacial score (nSPS) is 19.9. The van der Waals surface area contributed by atoms with Crippen LogP contribution in [0.25, 0.3) is 10.9 Å². The number of nitrogens with zero attached hydrogens (tertiary/aromatic N) is 1. The Balaban J connectivity index is 1.70. The second-order valence-corrected chi connectivity index (χ2v) is 5.95. The number of hydrogen-bond acceptors (Lipinski definition) is 2. The first-order valence-corrected chi connectivity index (χ1v) is 7.16. The fourth-order valence-electron chi connectivity index (χ4n) is 2.96. The number of benzene rings is 1. The van der Waals surface area contributed by atoms with Crippen molar-refractivity contribution in [2.24, 2.45) is 0 Å². The van der Waals surface area contributed by atoms with E-state index in [1.165, 1.54) is 42.4 Å². The highest BCUT2D eigenvalue weighted by atomic mass is 15.1. The number of likely N-dealkylation sites (tertiary alicyclic amines) is 1. The molecule has 0 amide bonds. The van der Waals surface area contributed by atoms with Gasteiger partial charge in [0.25, 0.3) is 0 Å². The molecule has 1 fully saturated rings. The molecule has 1 aromatic carbocycles. The van der Waals surface area contributed by atoms with Crippen molar-refractivity contribution in [1.82, 2.24) is 15.2 Å². The molecule has 3 nitrogen and oxygen atoms in total. The van der Waals surface area contributed by atoms with Crippen molar-refractivity contribution in [3.05, 3.63) is 36.0 Å².